The average Bonchev–Trinajstić information content (AvgIpc) is 2.85. The van der Waals surface area contributed by atoms with Crippen molar-refractivity contribution in [2.24, 2.45) is 0 Å². The van der Waals surface area contributed by atoms with Crippen LogP contribution in [-0.2, 0) is 10.2 Å². The molecule has 108 valence electrons. The number of nitrogens with one attached hydrogen (secondary N) is 2. The highest BCUT2D eigenvalue weighted by Crippen LogP contribution is 2.23. The molecule has 0 aromatic carbocycles. The smallest absolute Gasteiger partial charge is 0.336 e. The van der Waals surface area contributed by atoms with Gasteiger partial charge in [-0.3, -0.25) is 0 Å². The highest BCUT2D eigenvalue weighted by Gasteiger charge is 2.28. The lowest BCUT2D eigenvalue weighted by Gasteiger charge is -2.29. The first-order valence-corrected chi connectivity index (χ1v) is 7.69. The minimum Gasteiger partial charge on any atom is -0.466 e. The third-order valence-electron chi connectivity index (χ3n) is 3.34. The van der Waals surface area contributed by atoms with Crippen LogP contribution in [0.2, 0.25) is 0 Å². The molecule has 1 fully saturated rings. The van der Waals surface area contributed by atoms with E-state index >= 15 is 0 Å². The molecule has 0 aliphatic heterocycles. The van der Waals surface area contributed by atoms with Crippen molar-refractivity contribution in [3.8, 4) is 6.01 Å². The van der Waals surface area contributed by atoms with Crippen LogP contribution in [0.15, 0.2) is 0 Å². The summed E-state index contributed by atoms with van der Waals surface area (Å²) < 4.78 is 32.9. The fourth-order valence-electron chi connectivity index (χ4n) is 2.22. The van der Waals surface area contributed by atoms with Gasteiger partial charge in [-0.05, 0) is 12.8 Å². The Bertz CT molecular complexity index is 509. The van der Waals surface area contributed by atoms with E-state index in [0.29, 0.717) is 0 Å². The second kappa shape index (κ2) is 5.74. The number of rotatable bonds is 5. The molecule has 1 heterocycles. The van der Waals surface area contributed by atoms with Gasteiger partial charge in [0.2, 0.25) is 5.95 Å². The van der Waals surface area contributed by atoms with Crippen LogP contribution in [0.4, 0.5) is 5.95 Å². The number of aromatic nitrogens is 3. The van der Waals surface area contributed by atoms with Crippen LogP contribution in [-0.4, -0.2) is 48.1 Å². The Morgan fingerprint density at radius 2 is 2.05 bits per heavy atom. The predicted octanol–water partition coefficient (Wildman–Crippen LogP) is 0.734. The summed E-state index contributed by atoms with van der Waals surface area (Å²) in [6.07, 6.45) is 5.12. The molecular weight excluding hydrogens is 270 g/mol. The SMILES string of the molecule is COc1n[nH]c(NS(=O)(=O)N(C)C2CCCCC2)n1. The van der Waals surface area contributed by atoms with Crippen molar-refractivity contribution in [3.05, 3.63) is 0 Å². The van der Waals surface area contributed by atoms with E-state index in [1.54, 1.807) is 7.05 Å². The highest BCUT2D eigenvalue weighted by atomic mass is 32.2. The molecule has 0 saturated heterocycles. The number of methoxy groups -OCH3 is 1. The van der Waals surface area contributed by atoms with Crippen molar-refractivity contribution in [2.45, 2.75) is 38.1 Å². The minimum atomic E-state index is -3.61. The second-order valence-corrected chi connectivity index (χ2v) is 6.32. The van der Waals surface area contributed by atoms with Crippen molar-refractivity contribution < 1.29 is 13.2 Å². The first-order valence-electron chi connectivity index (χ1n) is 6.25. The van der Waals surface area contributed by atoms with Gasteiger partial charge in [0.15, 0.2) is 0 Å². The summed E-state index contributed by atoms with van der Waals surface area (Å²) in [5, 5.41) is 6.15. The van der Waals surface area contributed by atoms with E-state index in [0.717, 1.165) is 25.7 Å². The van der Waals surface area contributed by atoms with Crippen molar-refractivity contribution in [1.82, 2.24) is 19.5 Å². The molecule has 1 saturated carbocycles. The zero-order valence-electron chi connectivity index (χ0n) is 11.1. The lowest BCUT2D eigenvalue weighted by atomic mass is 9.96. The van der Waals surface area contributed by atoms with E-state index in [4.69, 9.17) is 4.74 Å². The van der Waals surface area contributed by atoms with E-state index in [2.05, 4.69) is 19.9 Å². The van der Waals surface area contributed by atoms with Gasteiger partial charge in [0.25, 0.3) is 0 Å². The van der Waals surface area contributed by atoms with E-state index < -0.39 is 10.2 Å². The van der Waals surface area contributed by atoms with E-state index in [1.165, 1.54) is 17.8 Å². The number of aromatic amines is 1. The molecule has 1 aliphatic rings. The lowest BCUT2D eigenvalue weighted by Crippen LogP contribution is -2.41. The topological polar surface area (TPSA) is 100 Å². The van der Waals surface area contributed by atoms with Crippen LogP contribution in [0.3, 0.4) is 0 Å². The summed E-state index contributed by atoms with van der Waals surface area (Å²) in [6, 6.07) is 0.147. The van der Waals surface area contributed by atoms with Crippen LogP contribution >= 0.6 is 0 Å². The lowest BCUT2D eigenvalue weighted by molar-refractivity contribution is 0.287. The maximum absolute atomic E-state index is 12.2. The molecule has 9 heteroatoms. The Morgan fingerprint density at radius 1 is 1.37 bits per heavy atom. The Hall–Kier alpha value is -1.35. The third-order valence-corrected chi connectivity index (χ3v) is 4.85. The molecule has 0 bridgehead atoms. The maximum Gasteiger partial charge on any atom is 0.336 e. The fraction of sp³-hybridized carbons (Fsp3) is 0.800. The monoisotopic (exact) mass is 289 g/mol. The van der Waals surface area contributed by atoms with Gasteiger partial charge >= 0.3 is 16.2 Å². The minimum absolute atomic E-state index is 0.0519. The molecule has 0 amide bonds. The summed E-state index contributed by atoms with van der Waals surface area (Å²) in [5.74, 6) is 0.0551. The summed E-state index contributed by atoms with van der Waals surface area (Å²) in [7, 11) is -0.612. The van der Waals surface area contributed by atoms with Gasteiger partial charge in [0.1, 0.15) is 0 Å². The molecule has 8 nitrogen and oxygen atoms in total. The number of H-pyrrole nitrogens is 1. The van der Waals surface area contributed by atoms with Gasteiger partial charge < -0.3 is 4.74 Å². The highest BCUT2D eigenvalue weighted by molar-refractivity contribution is 7.90. The van der Waals surface area contributed by atoms with E-state index in [-0.39, 0.29) is 18.0 Å². The number of hydrogen-bond acceptors (Lipinski definition) is 5. The molecule has 2 rings (SSSR count). The molecular formula is C10H19N5O3S. The molecule has 2 N–H and O–H groups in total. The fourth-order valence-corrected chi connectivity index (χ4v) is 3.30. The quantitative estimate of drug-likeness (QED) is 0.832. The zero-order valence-corrected chi connectivity index (χ0v) is 11.9. The van der Waals surface area contributed by atoms with Gasteiger partial charge in [-0.1, -0.05) is 19.3 Å². The van der Waals surface area contributed by atoms with Crippen molar-refractivity contribution in [2.75, 3.05) is 18.9 Å². The molecule has 0 spiro atoms. The van der Waals surface area contributed by atoms with Gasteiger partial charge in [-0.15, -0.1) is 5.10 Å². The number of ether oxygens (including phenoxy) is 1. The molecule has 19 heavy (non-hydrogen) atoms. The van der Waals surface area contributed by atoms with Crippen LogP contribution in [0.1, 0.15) is 32.1 Å². The molecule has 1 aromatic heterocycles. The number of anilines is 1. The zero-order chi connectivity index (χ0) is 13.9. The van der Waals surface area contributed by atoms with Crippen LogP contribution < -0.4 is 9.46 Å². The molecule has 0 atom stereocenters. The Morgan fingerprint density at radius 3 is 2.63 bits per heavy atom. The van der Waals surface area contributed by atoms with Crippen molar-refractivity contribution >= 4 is 16.2 Å². The molecule has 1 aromatic rings. The van der Waals surface area contributed by atoms with E-state index in [1.807, 2.05) is 0 Å². The van der Waals surface area contributed by atoms with Crippen LogP contribution in [0, 0.1) is 0 Å². The van der Waals surface area contributed by atoms with Gasteiger partial charge in [-0.25, -0.2) is 9.82 Å². The first-order chi connectivity index (χ1) is 9.03. The number of hydrogen-bond donors (Lipinski definition) is 2. The third kappa shape index (κ3) is 3.35. The van der Waals surface area contributed by atoms with Crippen LogP contribution in [0.25, 0.3) is 0 Å². The second-order valence-electron chi connectivity index (χ2n) is 4.59. The van der Waals surface area contributed by atoms with Gasteiger partial charge in [-0.2, -0.15) is 17.7 Å². The first kappa shape index (κ1) is 14.1. The summed E-state index contributed by atoms with van der Waals surface area (Å²) >= 11 is 0. The van der Waals surface area contributed by atoms with Gasteiger partial charge in [0, 0.05) is 13.1 Å². The predicted molar refractivity (Wildman–Crippen MR) is 70.1 cm³/mol. The molecule has 1 aliphatic carbocycles. The Kier molecular flexibility index (Phi) is 4.25. The van der Waals surface area contributed by atoms with Crippen LogP contribution in [0.5, 0.6) is 6.01 Å². The summed E-state index contributed by atoms with van der Waals surface area (Å²) in [4.78, 5) is 3.84. The Balaban J connectivity index is 2.04. The van der Waals surface area contributed by atoms with Crippen molar-refractivity contribution in [3.63, 3.8) is 0 Å². The van der Waals surface area contributed by atoms with Crippen molar-refractivity contribution in [1.29, 1.82) is 0 Å². The number of nitrogens with zero attached hydrogens (tertiary/aromatic N) is 3. The summed E-state index contributed by atoms with van der Waals surface area (Å²) in [6.45, 7) is 0. The maximum atomic E-state index is 12.2. The molecule has 0 radical (unpaired) electrons. The standard InChI is InChI=1S/C10H19N5O3S/c1-15(8-6-4-3-5-7-8)19(16,17)14-9-11-10(18-2)13-12-9/h8H,3-7H2,1-2H3,(H2,11,12,13,14). The largest absolute Gasteiger partial charge is 0.466 e. The Labute approximate surface area is 112 Å². The normalized spacial score (nSPS) is 17.6. The van der Waals surface area contributed by atoms with E-state index in [9.17, 15) is 8.42 Å². The average molecular weight is 289 g/mol. The molecule has 0 unspecified atom stereocenters. The van der Waals surface area contributed by atoms with Gasteiger partial charge in [0.05, 0.1) is 7.11 Å². The summed E-state index contributed by atoms with van der Waals surface area (Å²) in [5.41, 5.74) is 0.